The van der Waals surface area contributed by atoms with Gasteiger partial charge in [0.05, 0.1) is 24.1 Å². The topological polar surface area (TPSA) is 30.5 Å². The third-order valence-corrected chi connectivity index (χ3v) is 4.41. The summed E-state index contributed by atoms with van der Waals surface area (Å²) in [7, 11) is 3.29. The van der Waals surface area contributed by atoms with E-state index in [2.05, 4.69) is 12.2 Å². The van der Waals surface area contributed by atoms with Gasteiger partial charge in [0.2, 0.25) is 0 Å². The predicted octanol–water partition coefficient (Wildman–Crippen LogP) is 4.20. The van der Waals surface area contributed by atoms with E-state index < -0.39 is 0 Å². The minimum absolute atomic E-state index is 0.715. The summed E-state index contributed by atoms with van der Waals surface area (Å²) in [6.45, 7) is 3.75. The van der Waals surface area contributed by atoms with Crippen molar-refractivity contribution in [2.45, 2.75) is 13.5 Å². The molecule has 0 spiro atoms. The van der Waals surface area contributed by atoms with Crippen LogP contribution in [0.15, 0.2) is 23.6 Å². The molecule has 2 rings (SSSR count). The van der Waals surface area contributed by atoms with Crippen molar-refractivity contribution < 1.29 is 9.47 Å². The van der Waals surface area contributed by atoms with Gasteiger partial charge in [0.1, 0.15) is 0 Å². The maximum absolute atomic E-state index is 6.27. The van der Waals surface area contributed by atoms with Crippen LogP contribution < -0.4 is 14.8 Å². The molecule has 3 nitrogen and oxygen atoms in total. The number of benzene rings is 1. The molecule has 1 heterocycles. The quantitative estimate of drug-likeness (QED) is 0.867. The fourth-order valence-corrected chi connectivity index (χ4v) is 3.24. The number of halogens is 1. The summed E-state index contributed by atoms with van der Waals surface area (Å²) in [5.41, 5.74) is 2.23. The highest BCUT2D eigenvalue weighted by Gasteiger charge is 2.15. The molecular formula is C15H18ClNO2S. The molecule has 0 aliphatic carbocycles. The number of hydrogen-bond acceptors (Lipinski definition) is 4. The average Bonchev–Trinajstić information content (AvgIpc) is 2.90. The molecule has 0 unspecified atom stereocenters. The number of thiophene rings is 1. The molecule has 0 amide bonds. The molecule has 0 radical (unpaired) electrons. The van der Waals surface area contributed by atoms with Crippen LogP contribution in [-0.2, 0) is 6.54 Å². The van der Waals surface area contributed by atoms with Gasteiger partial charge in [0.15, 0.2) is 11.5 Å². The molecule has 0 bridgehead atoms. The minimum atomic E-state index is 0.715. The molecule has 1 aromatic heterocycles. The van der Waals surface area contributed by atoms with Crippen molar-refractivity contribution in [1.29, 1.82) is 0 Å². The summed E-state index contributed by atoms with van der Waals surface area (Å²) in [6.07, 6.45) is 0. The van der Waals surface area contributed by atoms with E-state index in [1.807, 2.05) is 23.6 Å². The zero-order chi connectivity index (χ0) is 14.5. The molecule has 0 saturated carbocycles. The summed E-state index contributed by atoms with van der Waals surface area (Å²) in [5.74, 6) is 1.45. The van der Waals surface area contributed by atoms with Gasteiger partial charge in [0, 0.05) is 12.1 Å². The van der Waals surface area contributed by atoms with Crippen LogP contribution in [0.1, 0.15) is 12.5 Å². The molecule has 20 heavy (non-hydrogen) atoms. The Morgan fingerprint density at radius 3 is 2.45 bits per heavy atom. The SMILES string of the molecule is CCNCc1cc(OC)c(OC)cc1-c1sccc1Cl. The number of methoxy groups -OCH3 is 2. The molecule has 5 heteroatoms. The second-order valence-corrected chi connectivity index (χ2v) is 5.57. The van der Waals surface area contributed by atoms with Gasteiger partial charge in [-0.15, -0.1) is 11.3 Å². The highest BCUT2D eigenvalue weighted by Crippen LogP contribution is 2.40. The molecule has 1 N–H and O–H groups in total. The van der Waals surface area contributed by atoms with Crippen LogP contribution in [0.2, 0.25) is 5.02 Å². The Morgan fingerprint density at radius 1 is 1.20 bits per heavy atom. The normalized spacial score (nSPS) is 10.6. The molecule has 1 aromatic carbocycles. The summed E-state index contributed by atoms with van der Waals surface area (Å²) in [5, 5.41) is 6.10. The van der Waals surface area contributed by atoms with Gasteiger partial charge < -0.3 is 14.8 Å². The van der Waals surface area contributed by atoms with Gasteiger partial charge in [0.25, 0.3) is 0 Å². The summed E-state index contributed by atoms with van der Waals surface area (Å²) < 4.78 is 10.8. The first-order valence-corrected chi connectivity index (χ1v) is 7.66. The molecule has 0 atom stereocenters. The van der Waals surface area contributed by atoms with Crippen LogP contribution in [0.25, 0.3) is 10.4 Å². The fourth-order valence-electron chi connectivity index (χ4n) is 2.02. The molecular weight excluding hydrogens is 294 g/mol. The number of rotatable bonds is 6. The fraction of sp³-hybridized carbons (Fsp3) is 0.333. The van der Waals surface area contributed by atoms with Crippen LogP contribution in [0.5, 0.6) is 11.5 Å². The molecule has 2 aromatic rings. The van der Waals surface area contributed by atoms with Crippen molar-refractivity contribution in [3.05, 3.63) is 34.2 Å². The summed E-state index contributed by atoms with van der Waals surface area (Å²) in [4.78, 5) is 1.06. The first kappa shape index (κ1) is 15.2. The van der Waals surface area contributed by atoms with Crippen LogP contribution in [0.3, 0.4) is 0 Å². The van der Waals surface area contributed by atoms with Crippen molar-refractivity contribution in [2.75, 3.05) is 20.8 Å². The van der Waals surface area contributed by atoms with Gasteiger partial charge in [-0.2, -0.15) is 0 Å². The van der Waals surface area contributed by atoms with Crippen molar-refractivity contribution in [3.8, 4) is 21.9 Å². The lowest BCUT2D eigenvalue weighted by Gasteiger charge is -2.15. The van der Waals surface area contributed by atoms with E-state index in [0.717, 1.165) is 39.9 Å². The van der Waals surface area contributed by atoms with Gasteiger partial charge in [-0.1, -0.05) is 18.5 Å². The second-order valence-electron chi connectivity index (χ2n) is 4.24. The van der Waals surface area contributed by atoms with Crippen molar-refractivity contribution in [3.63, 3.8) is 0 Å². The second kappa shape index (κ2) is 6.97. The van der Waals surface area contributed by atoms with E-state index in [1.165, 1.54) is 0 Å². The van der Waals surface area contributed by atoms with Crippen molar-refractivity contribution in [2.24, 2.45) is 0 Å². The van der Waals surface area contributed by atoms with E-state index in [0.29, 0.717) is 5.75 Å². The molecule has 108 valence electrons. The van der Waals surface area contributed by atoms with E-state index in [9.17, 15) is 0 Å². The summed E-state index contributed by atoms with van der Waals surface area (Å²) >= 11 is 7.89. The van der Waals surface area contributed by atoms with E-state index in [4.69, 9.17) is 21.1 Å². The molecule has 0 fully saturated rings. The van der Waals surface area contributed by atoms with Crippen molar-refractivity contribution in [1.82, 2.24) is 5.32 Å². The van der Waals surface area contributed by atoms with Gasteiger partial charge in [-0.05, 0) is 35.7 Å². The standard InChI is InChI=1S/C15H18ClNO2S/c1-4-17-9-10-7-13(18-2)14(19-3)8-11(10)15-12(16)5-6-20-15/h5-8,17H,4,9H2,1-3H3. The number of nitrogens with one attached hydrogen (secondary N) is 1. The maximum Gasteiger partial charge on any atom is 0.161 e. The van der Waals surface area contributed by atoms with Gasteiger partial charge >= 0.3 is 0 Å². The Bertz CT molecular complexity index is 583. The van der Waals surface area contributed by atoms with Crippen LogP contribution >= 0.6 is 22.9 Å². The van der Waals surface area contributed by atoms with Crippen LogP contribution in [0, 0.1) is 0 Å². The lowest BCUT2D eigenvalue weighted by molar-refractivity contribution is 0.354. The first-order valence-electron chi connectivity index (χ1n) is 6.40. The Balaban J connectivity index is 2.54. The zero-order valence-electron chi connectivity index (χ0n) is 11.8. The van der Waals surface area contributed by atoms with Crippen LogP contribution in [-0.4, -0.2) is 20.8 Å². The Morgan fingerprint density at radius 2 is 1.90 bits per heavy atom. The average molecular weight is 312 g/mol. The Kier molecular flexibility index (Phi) is 5.29. The van der Waals surface area contributed by atoms with E-state index in [-0.39, 0.29) is 0 Å². The monoisotopic (exact) mass is 311 g/mol. The van der Waals surface area contributed by atoms with E-state index >= 15 is 0 Å². The third-order valence-electron chi connectivity index (χ3n) is 3.04. The zero-order valence-corrected chi connectivity index (χ0v) is 13.4. The summed E-state index contributed by atoms with van der Waals surface area (Å²) in [6, 6.07) is 5.91. The van der Waals surface area contributed by atoms with Crippen LogP contribution in [0.4, 0.5) is 0 Å². The lowest BCUT2D eigenvalue weighted by atomic mass is 10.0. The number of ether oxygens (including phenoxy) is 2. The van der Waals surface area contributed by atoms with Crippen molar-refractivity contribution >= 4 is 22.9 Å². The van der Waals surface area contributed by atoms with E-state index in [1.54, 1.807) is 25.6 Å². The highest BCUT2D eigenvalue weighted by atomic mass is 35.5. The smallest absolute Gasteiger partial charge is 0.161 e. The van der Waals surface area contributed by atoms with Gasteiger partial charge in [-0.25, -0.2) is 0 Å². The first-order chi connectivity index (χ1) is 9.71. The molecule has 0 saturated heterocycles. The number of hydrogen-bond donors (Lipinski definition) is 1. The highest BCUT2D eigenvalue weighted by molar-refractivity contribution is 7.14. The Labute approximate surface area is 128 Å². The maximum atomic E-state index is 6.27. The predicted molar refractivity (Wildman–Crippen MR) is 85.2 cm³/mol. The largest absolute Gasteiger partial charge is 0.493 e. The van der Waals surface area contributed by atoms with Gasteiger partial charge in [-0.3, -0.25) is 0 Å². The minimum Gasteiger partial charge on any atom is -0.493 e. The molecule has 0 aliphatic rings. The molecule has 0 aliphatic heterocycles. The third kappa shape index (κ3) is 3.08. The lowest BCUT2D eigenvalue weighted by Crippen LogP contribution is -2.12. The Hall–Kier alpha value is -1.23.